The molecule has 0 saturated heterocycles. The van der Waals surface area contributed by atoms with Crippen molar-refractivity contribution in [3.05, 3.63) is 54.7 Å². The Labute approximate surface area is 168 Å². The van der Waals surface area contributed by atoms with Gasteiger partial charge in [-0.1, -0.05) is 18.2 Å². The molecule has 0 aliphatic heterocycles. The number of methoxy groups -OCH3 is 2. The van der Waals surface area contributed by atoms with Crippen molar-refractivity contribution < 1.29 is 19.1 Å². The summed E-state index contributed by atoms with van der Waals surface area (Å²) in [7, 11) is 3.06. The number of nitrogens with zero attached hydrogens (tertiary/aromatic N) is 1. The highest BCUT2D eigenvalue weighted by molar-refractivity contribution is 6.18. The third-order valence-corrected chi connectivity index (χ3v) is 5.16. The third kappa shape index (κ3) is 3.47. The van der Waals surface area contributed by atoms with E-state index in [0.29, 0.717) is 41.2 Å². The molecule has 1 aromatic heterocycles. The zero-order valence-electron chi connectivity index (χ0n) is 16.2. The van der Waals surface area contributed by atoms with Crippen LogP contribution < -0.4 is 20.1 Å². The van der Waals surface area contributed by atoms with E-state index in [1.165, 1.54) is 7.11 Å². The Balaban J connectivity index is 1.56. The van der Waals surface area contributed by atoms with Crippen molar-refractivity contribution >= 4 is 34.1 Å². The number of carbonyl (C=O) groups excluding carboxylic acids is 2. The number of anilines is 2. The molecule has 1 aliphatic rings. The fourth-order valence-corrected chi connectivity index (χ4v) is 3.28. The van der Waals surface area contributed by atoms with Gasteiger partial charge in [0.2, 0.25) is 11.8 Å². The predicted molar refractivity (Wildman–Crippen MR) is 110 cm³/mol. The lowest BCUT2D eigenvalue weighted by atomic mass is 10.0. The summed E-state index contributed by atoms with van der Waals surface area (Å²) in [6.07, 6.45) is 2.64. The average molecular weight is 391 g/mol. The van der Waals surface area contributed by atoms with Gasteiger partial charge in [-0.3, -0.25) is 14.6 Å². The topological polar surface area (TPSA) is 89.5 Å². The van der Waals surface area contributed by atoms with Crippen LogP contribution in [0.15, 0.2) is 54.7 Å². The monoisotopic (exact) mass is 391 g/mol. The van der Waals surface area contributed by atoms with Crippen molar-refractivity contribution in [2.45, 2.75) is 12.8 Å². The van der Waals surface area contributed by atoms with Gasteiger partial charge in [0.15, 0.2) is 0 Å². The number of rotatable bonds is 6. The summed E-state index contributed by atoms with van der Waals surface area (Å²) in [6.45, 7) is 0. The number of para-hydroxylation sites is 1. The number of benzene rings is 2. The molecule has 2 amide bonds. The first kappa shape index (κ1) is 18.7. The summed E-state index contributed by atoms with van der Waals surface area (Å²) in [6, 6.07) is 14.4. The van der Waals surface area contributed by atoms with Crippen LogP contribution >= 0.6 is 0 Å². The molecule has 0 unspecified atom stereocenters. The summed E-state index contributed by atoms with van der Waals surface area (Å²) < 4.78 is 10.5. The molecular weight excluding hydrogens is 370 g/mol. The molecule has 0 spiro atoms. The minimum absolute atomic E-state index is 0.338. The predicted octanol–water partition coefficient (Wildman–Crippen LogP) is 3.61. The Kier molecular flexibility index (Phi) is 4.80. The third-order valence-electron chi connectivity index (χ3n) is 5.16. The van der Waals surface area contributed by atoms with Crippen LogP contribution in [0.3, 0.4) is 0 Å². The Morgan fingerprint density at radius 3 is 2.34 bits per heavy atom. The van der Waals surface area contributed by atoms with Gasteiger partial charge in [-0.05, 0) is 37.1 Å². The van der Waals surface area contributed by atoms with Gasteiger partial charge in [0.05, 0.1) is 31.1 Å². The molecule has 3 aromatic rings. The number of ether oxygens (including phenoxy) is 2. The molecule has 1 aliphatic carbocycles. The molecule has 1 fully saturated rings. The fourth-order valence-electron chi connectivity index (χ4n) is 3.28. The van der Waals surface area contributed by atoms with Crippen molar-refractivity contribution in [3.8, 4) is 11.5 Å². The maximum Gasteiger partial charge on any atom is 0.240 e. The Morgan fingerprint density at radius 2 is 1.66 bits per heavy atom. The van der Waals surface area contributed by atoms with E-state index in [2.05, 4.69) is 15.6 Å². The second-order valence-electron chi connectivity index (χ2n) is 6.94. The van der Waals surface area contributed by atoms with E-state index in [9.17, 15) is 9.59 Å². The molecular formula is C22H21N3O4. The molecule has 29 heavy (non-hydrogen) atoms. The smallest absolute Gasteiger partial charge is 0.240 e. The molecule has 1 saturated carbocycles. The van der Waals surface area contributed by atoms with Gasteiger partial charge in [0.25, 0.3) is 0 Å². The van der Waals surface area contributed by atoms with Crippen LogP contribution in [0.4, 0.5) is 11.4 Å². The molecule has 7 nitrogen and oxygen atoms in total. The number of aromatic nitrogens is 1. The van der Waals surface area contributed by atoms with E-state index >= 15 is 0 Å². The lowest BCUT2D eigenvalue weighted by Gasteiger charge is -2.18. The van der Waals surface area contributed by atoms with Gasteiger partial charge >= 0.3 is 0 Å². The zero-order chi connectivity index (χ0) is 20.4. The van der Waals surface area contributed by atoms with E-state index in [-0.39, 0.29) is 11.8 Å². The molecule has 0 radical (unpaired) electrons. The SMILES string of the molecule is COc1ccc(OC)c(NC(=O)C2(C(=O)Nc3cccc4cccnc34)CC2)c1. The van der Waals surface area contributed by atoms with Crippen LogP contribution in [0, 0.1) is 5.41 Å². The zero-order valence-corrected chi connectivity index (χ0v) is 16.2. The Bertz CT molecular complexity index is 1090. The second kappa shape index (κ2) is 7.43. The normalized spacial score (nSPS) is 14.1. The van der Waals surface area contributed by atoms with E-state index < -0.39 is 5.41 Å². The van der Waals surface area contributed by atoms with Crippen molar-refractivity contribution in [2.24, 2.45) is 5.41 Å². The number of hydrogen-bond donors (Lipinski definition) is 2. The van der Waals surface area contributed by atoms with Gasteiger partial charge in [0, 0.05) is 17.6 Å². The van der Waals surface area contributed by atoms with Crippen LogP contribution in [0.25, 0.3) is 10.9 Å². The van der Waals surface area contributed by atoms with Crippen molar-refractivity contribution in [1.82, 2.24) is 4.98 Å². The molecule has 4 rings (SSSR count). The number of amides is 2. The molecule has 0 bridgehead atoms. The van der Waals surface area contributed by atoms with Crippen molar-refractivity contribution in [1.29, 1.82) is 0 Å². The number of carbonyl (C=O) groups is 2. The lowest BCUT2D eigenvalue weighted by Crippen LogP contribution is -2.35. The first-order chi connectivity index (χ1) is 14.1. The first-order valence-electron chi connectivity index (χ1n) is 9.26. The summed E-state index contributed by atoms with van der Waals surface area (Å²) >= 11 is 0. The van der Waals surface area contributed by atoms with Crippen LogP contribution in [0.5, 0.6) is 11.5 Å². The van der Waals surface area contributed by atoms with E-state index in [4.69, 9.17) is 9.47 Å². The van der Waals surface area contributed by atoms with Gasteiger partial charge < -0.3 is 20.1 Å². The quantitative estimate of drug-likeness (QED) is 0.627. The number of pyridine rings is 1. The second-order valence-corrected chi connectivity index (χ2v) is 6.94. The van der Waals surface area contributed by atoms with Crippen molar-refractivity contribution in [3.63, 3.8) is 0 Å². The van der Waals surface area contributed by atoms with Crippen molar-refractivity contribution in [2.75, 3.05) is 24.9 Å². The molecule has 7 heteroatoms. The van der Waals surface area contributed by atoms with Crippen LogP contribution in [-0.4, -0.2) is 31.0 Å². The Hall–Kier alpha value is -3.61. The lowest BCUT2D eigenvalue weighted by molar-refractivity contribution is -0.131. The maximum absolute atomic E-state index is 13.0. The van der Waals surface area contributed by atoms with Gasteiger partial charge in [0.1, 0.15) is 16.9 Å². The summed E-state index contributed by atoms with van der Waals surface area (Å²) in [5, 5.41) is 6.63. The van der Waals surface area contributed by atoms with E-state index in [1.54, 1.807) is 37.6 Å². The standard InChI is InChI=1S/C22H21N3O4/c1-28-15-8-9-18(29-2)17(13-15)25-21(27)22(10-11-22)20(26)24-16-7-3-5-14-6-4-12-23-19(14)16/h3-9,12-13H,10-11H2,1-2H3,(H,24,26)(H,25,27). The molecule has 2 N–H and O–H groups in total. The van der Waals surface area contributed by atoms with Gasteiger partial charge in [-0.25, -0.2) is 0 Å². The van der Waals surface area contributed by atoms with Crippen LogP contribution in [0.2, 0.25) is 0 Å². The van der Waals surface area contributed by atoms with Crippen LogP contribution in [-0.2, 0) is 9.59 Å². The minimum atomic E-state index is -1.11. The summed E-state index contributed by atoms with van der Waals surface area (Å²) in [5.41, 5.74) is 0.633. The van der Waals surface area contributed by atoms with Gasteiger partial charge in [-0.15, -0.1) is 0 Å². The number of nitrogens with one attached hydrogen (secondary N) is 2. The highest BCUT2D eigenvalue weighted by Gasteiger charge is 2.56. The fraction of sp³-hybridized carbons (Fsp3) is 0.227. The number of fused-ring (bicyclic) bond motifs is 1. The molecule has 0 atom stereocenters. The summed E-state index contributed by atoms with van der Waals surface area (Å²) in [4.78, 5) is 30.3. The van der Waals surface area contributed by atoms with E-state index in [0.717, 1.165) is 5.39 Å². The first-order valence-corrected chi connectivity index (χ1v) is 9.26. The molecule has 1 heterocycles. The molecule has 2 aromatic carbocycles. The van der Waals surface area contributed by atoms with Crippen LogP contribution in [0.1, 0.15) is 12.8 Å². The average Bonchev–Trinajstić information content (AvgIpc) is 3.56. The Morgan fingerprint density at radius 1 is 0.931 bits per heavy atom. The molecule has 148 valence electrons. The van der Waals surface area contributed by atoms with E-state index in [1.807, 2.05) is 24.3 Å². The highest BCUT2D eigenvalue weighted by atomic mass is 16.5. The van der Waals surface area contributed by atoms with Gasteiger partial charge in [-0.2, -0.15) is 0 Å². The maximum atomic E-state index is 13.0. The minimum Gasteiger partial charge on any atom is -0.497 e. The summed E-state index contributed by atoms with van der Waals surface area (Å²) in [5.74, 6) is 0.371. The highest BCUT2D eigenvalue weighted by Crippen LogP contribution is 2.48. The number of hydrogen-bond acceptors (Lipinski definition) is 5. The largest absolute Gasteiger partial charge is 0.497 e.